The largest absolute Gasteiger partial charge is 0.388 e. The topological polar surface area (TPSA) is 40.5 Å². The standard InChI is InChI=1S/C20H38N2O2/c1-21(2,3)15-7-9-19(23)17-11-13-18(14-12-17)20(24)10-8-16-22(4,5)6/h11-14,19-20,23-24H,7-10,15-16H2,1-6H3/q+2. The van der Waals surface area contributed by atoms with Gasteiger partial charge in [-0.3, -0.25) is 0 Å². The second-order valence-corrected chi connectivity index (χ2v) is 9.01. The third-order valence-electron chi connectivity index (χ3n) is 4.32. The van der Waals surface area contributed by atoms with E-state index in [1.807, 2.05) is 24.3 Å². The van der Waals surface area contributed by atoms with Gasteiger partial charge in [0.05, 0.1) is 67.6 Å². The van der Waals surface area contributed by atoms with Crippen LogP contribution in [0, 0.1) is 0 Å². The van der Waals surface area contributed by atoms with Gasteiger partial charge in [-0.15, -0.1) is 0 Å². The molecular formula is C20H38N2O2+2. The van der Waals surface area contributed by atoms with Crippen molar-refractivity contribution < 1.29 is 19.2 Å². The molecule has 1 aromatic carbocycles. The van der Waals surface area contributed by atoms with Crippen LogP contribution in [0.1, 0.15) is 49.0 Å². The summed E-state index contributed by atoms with van der Waals surface area (Å²) in [5.74, 6) is 0. The Kier molecular flexibility index (Phi) is 7.87. The lowest BCUT2D eigenvalue weighted by Crippen LogP contribution is -2.35. The van der Waals surface area contributed by atoms with Crippen LogP contribution < -0.4 is 0 Å². The molecule has 1 rings (SSSR count). The van der Waals surface area contributed by atoms with Gasteiger partial charge in [-0.1, -0.05) is 24.3 Å². The van der Waals surface area contributed by atoms with Crippen molar-refractivity contribution in [3.63, 3.8) is 0 Å². The normalized spacial score (nSPS) is 15.3. The second-order valence-electron chi connectivity index (χ2n) is 9.01. The Balaban J connectivity index is 2.46. The van der Waals surface area contributed by atoms with E-state index in [0.717, 1.165) is 58.9 Å². The fourth-order valence-electron chi connectivity index (χ4n) is 2.79. The Morgan fingerprint density at radius 3 is 1.21 bits per heavy atom. The summed E-state index contributed by atoms with van der Waals surface area (Å²) in [7, 11) is 13.0. The van der Waals surface area contributed by atoms with Crippen molar-refractivity contribution in [3.8, 4) is 0 Å². The van der Waals surface area contributed by atoms with E-state index in [0.29, 0.717) is 0 Å². The fourth-order valence-corrected chi connectivity index (χ4v) is 2.79. The quantitative estimate of drug-likeness (QED) is 0.644. The third-order valence-corrected chi connectivity index (χ3v) is 4.32. The zero-order valence-electron chi connectivity index (χ0n) is 16.5. The Bertz CT molecular complexity index is 427. The number of aliphatic hydroxyl groups excluding tert-OH is 2. The van der Waals surface area contributed by atoms with Gasteiger partial charge in [-0.25, -0.2) is 0 Å². The van der Waals surface area contributed by atoms with Crippen molar-refractivity contribution in [3.05, 3.63) is 35.4 Å². The summed E-state index contributed by atoms with van der Waals surface area (Å²) in [4.78, 5) is 0. The van der Waals surface area contributed by atoms with Gasteiger partial charge in [0.25, 0.3) is 0 Å². The van der Waals surface area contributed by atoms with Gasteiger partial charge in [0.1, 0.15) is 0 Å². The molecule has 0 aliphatic carbocycles. The molecule has 0 aliphatic heterocycles. The molecule has 0 aromatic heterocycles. The summed E-state index contributed by atoms with van der Waals surface area (Å²) in [6, 6.07) is 7.81. The van der Waals surface area contributed by atoms with Crippen molar-refractivity contribution in [1.29, 1.82) is 0 Å². The van der Waals surface area contributed by atoms with E-state index in [1.165, 1.54) is 0 Å². The average Bonchev–Trinajstić information content (AvgIpc) is 2.44. The smallest absolute Gasteiger partial charge is 0.0792 e. The zero-order valence-corrected chi connectivity index (χ0v) is 16.5. The molecule has 0 spiro atoms. The molecule has 24 heavy (non-hydrogen) atoms. The van der Waals surface area contributed by atoms with Crippen molar-refractivity contribution in [2.24, 2.45) is 0 Å². The highest BCUT2D eigenvalue weighted by atomic mass is 16.3. The van der Waals surface area contributed by atoms with Crippen LogP contribution in [0.5, 0.6) is 0 Å². The van der Waals surface area contributed by atoms with Gasteiger partial charge in [0.2, 0.25) is 0 Å². The molecule has 1 aromatic rings. The minimum Gasteiger partial charge on any atom is -0.388 e. The van der Waals surface area contributed by atoms with Crippen LogP contribution in [-0.4, -0.2) is 74.6 Å². The van der Waals surface area contributed by atoms with Crippen LogP contribution in [0.25, 0.3) is 0 Å². The first-order valence-electron chi connectivity index (χ1n) is 9.05. The van der Waals surface area contributed by atoms with Gasteiger partial charge >= 0.3 is 0 Å². The summed E-state index contributed by atoms with van der Waals surface area (Å²) in [5.41, 5.74) is 1.89. The van der Waals surface area contributed by atoms with E-state index in [-0.39, 0.29) is 0 Å². The van der Waals surface area contributed by atoms with E-state index in [2.05, 4.69) is 42.3 Å². The summed E-state index contributed by atoms with van der Waals surface area (Å²) in [6.45, 7) is 2.11. The van der Waals surface area contributed by atoms with E-state index in [9.17, 15) is 10.2 Å². The lowest BCUT2D eigenvalue weighted by atomic mass is 9.99. The first-order chi connectivity index (χ1) is 11.0. The Labute approximate surface area is 148 Å². The minimum atomic E-state index is -0.416. The Morgan fingerprint density at radius 1 is 0.667 bits per heavy atom. The molecule has 4 nitrogen and oxygen atoms in total. The lowest BCUT2D eigenvalue weighted by molar-refractivity contribution is -0.870. The van der Waals surface area contributed by atoms with Gasteiger partial charge in [-0.05, 0) is 36.8 Å². The van der Waals surface area contributed by atoms with Crippen molar-refractivity contribution in [1.82, 2.24) is 0 Å². The first kappa shape index (κ1) is 21.1. The predicted molar refractivity (Wildman–Crippen MR) is 101 cm³/mol. The number of benzene rings is 1. The van der Waals surface area contributed by atoms with Gasteiger partial charge < -0.3 is 19.2 Å². The number of hydrogen-bond acceptors (Lipinski definition) is 2. The molecule has 0 saturated carbocycles. The van der Waals surface area contributed by atoms with E-state index >= 15 is 0 Å². The number of hydrogen-bond donors (Lipinski definition) is 2. The lowest BCUT2D eigenvalue weighted by Gasteiger charge is -2.24. The summed E-state index contributed by atoms with van der Waals surface area (Å²) in [5, 5.41) is 20.6. The summed E-state index contributed by atoms with van der Waals surface area (Å²) >= 11 is 0. The van der Waals surface area contributed by atoms with Gasteiger partial charge in [0.15, 0.2) is 0 Å². The maximum absolute atomic E-state index is 10.3. The maximum Gasteiger partial charge on any atom is 0.0792 e. The van der Waals surface area contributed by atoms with Crippen LogP contribution in [0.4, 0.5) is 0 Å². The van der Waals surface area contributed by atoms with Crippen molar-refractivity contribution in [2.45, 2.75) is 37.9 Å². The van der Waals surface area contributed by atoms with Crippen molar-refractivity contribution in [2.75, 3.05) is 55.4 Å². The Morgan fingerprint density at radius 2 is 0.958 bits per heavy atom. The maximum atomic E-state index is 10.3. The molecule has 138 valence electrons. The molecule has 2 unspecified atom stereocenters. The fraction of sp³-hybridized carbons (Fsp3) is 0.700. The van der Waals surface area contributed by atoms with E-state index in [1.54, 1.807) is 0 Å². The van der Waals surface area contributed by atoms with Crippen LogP contribution in [-0.2, 0) is 0 Å². The SMILES string of the molecule is C[N+](C)(C)CCCC(O)c1ccc(C(O)CCC[N+](C)(C)C)cc1. The highest BCUT2D eigenvalue weighted by Crippen LogP contribution is 2.23. The monoisotopic (exact) mass is 338 g/mol. The second kappa shape index (κ2) is 8.95. The Hall–Kier alpha value is -0.940. The molecular weight excluding hydrogens is 300 g/mol. The molecule has 2 atom stereocenters. The molecule has 0 saturated heterocycles. The predicted octanol–water partition coefficient (Wildman–Crippen LogP) is 2.73. The molecule has 0 aliphatic rings. The number of aliphatic hydroxyl groups is 2. The number of rotatable bonds is 10. The third kappa shape index (κ3) is 8.78. The van der Waals surface area contributed by atoms with Crippen LogP contribution in [0.2, 0.25) is 0 Å². The molecule has 0 radical (unpaired) electrons. The minimum absolute atomic E-state index is 0.416. The average molecular weight is 339 g/mol. The highest BCUT2D eigenvalue weighted by molar-refractivity contribution is 5.25. The van der Waals surface area contributed by atoms with Crippen LogP contribution in [0.3, 0.4) is 0 Å². The first-order valence-corrected chi connectivity index (χ1v) is 9.05. The molecule has 4 heteroatoms. The van der Waals surface area contributed by atoms with E-state index in [4.69, 9.17) is 0 Å². The zero-order chi connectivity index (χ0) is 18.4. The van der Waals surface area contributed by atoms with Crippen LogP contribution >= 0.6 is 0 Å². The molecule has 0 fully saturated rings. The molecule has 0 amide bonds. The molecule has 0 heterocycles. The summed E-state index contributed by atoms with van der Waals surface area (Å²) in [6.07, 6.45) is 2.73. The molecule has 0 bridgehead atoms. The van der Waals surface area contributed by atoms with Crippen molar-refractivity contribution >= 4 is 0 Å². The molecule has 2 N–H and O–H groups in total. The van der Waals surface area contributed by atoms with E-state index < -0.39 is 12.2 Å². The van der Waals surface area contributed by atoms with Gasteiger partial charge in [-0.2, -0.15) is 0 Å². The summed E-state index contributed by atoms with van der Waals surface area (Å²) < 4.78 is 1.84. The number of quaternary nitrogens is 2. The van der Waals surface area contributed by atoms with Gasteiger partial charge in [0, 0.05) is 0 Å². The van der Waals surface area contributed by atoms with Crippen LogP contribution in [0.15, 0.2) is 24.3 Å². The highest BCUT2D eigenvalue weighted by Gasteiger charge is 2.14. The number of nitrogens with zero attached hydrogens (tertiary/aromatic N) is 2.